The summed E-state index contributed by atoms with van der Waals surface area (Å²) in [7, 11) is 0. The predicted molar refractivity (Wildman–Crippen MR) is 110 cm³/mol. The fourth-order valence-corrected chi connectivity index (χ4v) is 5.68. The van der Waals surface area contributed by atoms with E-state index < -0.39 is 0 Å². The second kappa shape index (κ2) is 4.68. The molecule has 0 saturated carbocycles. The van der Waals surface area contributed by atoms with Gasteiger partial charge in [0.2, 0.25) is 0 Å². The molecule has 6 rings (SSSR count). The molecule has 3 heterocycles. The smallest absolute Gasteiger partial charge is 0.0746 e. The quantitative estimate of drug-likeness (QED) is 0.327. The molecule has 5 aromatic rings. The molecule has 2 nitrogen and oxygen atoms in total. The Morgan fingerprint density at radius 2 is 1.73 bits per heavy atom. The summed E-state index contributed by atoms with van der Waals surface area (Å²) in [6.45, 7) is 4.64. The highest BCUT2D eigenvalue weighted by molar-refractivity contribution is 7.26. The van der Waals surface area contributed by atoms with Crippen LogP contribution in [0.15, 0.2) is 60.9 Å². The van der Waals surface area contributed by atoms with Gasteiger partial charge in [-0.1, -0.05) is 32.0 Å². The molecule has 0 N–H and O–H groups in total. The molecule has 0 unspecified atom stereocenters. The number of hydrogen-bond donors (Lipinski definition) is 0. The lowest BCUT2D eigenvalue weighted by atomic mass is 9.80. The van der Waals surface area contributed by atoms with Crippen molar-refractivity contribution in [2.24, 2.45) is 0 Å². The number of rotatable bonds is 0. The summed E-state index contributed by atoms with van der Waals surface area (Å²) in [4.78, 5) is 9.29. The number of hydrogen-bond acceptors (Lipinski definition) is 3. The molecular weight excluding hydrogens is 336 g/mol. The summed E-state index contributed by atoms with van der Waals surface area (Å²) in [5.41, 5.74) is 6.15. The number of benzene rings is 2. The van der Waals surface area contributed by atoms with E-state index in [0.717, 1.165) is 11.2 Å². The largest absolute Gasteiger partial charge is 0.256 e. The zero-order valence-corrected chi connectivity index (χ0v) is 15.4. The van der Waals surface area contributed by atoms with Crippen LogP contribution in [-0.4, -0.2) is 9.97 Å². The number of fused-ring (bicyclic) bond motifs is 8. The predicted octanol–water partition coefficient (Wildman–Crippen LogP) is 6.30. The first-order valence-electron chi connectivity index (χ1n) is 8.85. The standard InChI is InChI=1S/C23H16N2S/c1-23(2)16-6-4-10-25-22(16)14-7-8-18-20(21(14)23)15-12-17-13(5-3-9-24-17)11-19(15)26-18/h3-12H,1-2H3. The first-order chi connectivity index (χ1) is 12.6. The minimum Gasteiger partial charge on any atom is -0.256 e. The molecule has 124 valence electrons. The van der Waals surface area contributed by atoms with E-state index in [-0.39, 0.29) is 5.41 Å². The van der Waals surface area contributed by atoms with Crippen molar-refractivity contribution in [1.82, 2.24) is 9.97 Å². The Bertz CT molecular complexity index is 1360. The van der Waals surface area contributed by atoms with Crippen molar-refractivity contribution in [1.29, 1.82) is 0 Å². The second-order valence-electron chi connectivity index (χ2n) is 7.53. The van der Waals surface area contributed by atoms with E-state index in [0.29, 0.717) is 0 Å². The Morgan fingerprint density at radius 3 is 2.65 bits per heavy atom. The van der Waals surface area contributed by atoms with Crippen LogP contribution in [0.2, 0.25) is 0 Å². The van der Waals surface area contributed by atoms with Crippen LogP contribution in [0.1, 0.15) is 25.0 Å². The highest BCUT2D eigenvalue weighted by atomic mass is 32.1. The van der Waals surface area contributed by atoms with Crippen molar-refractivity contribution in [2.45, 2.75) is 19.3 Å². The number of pyridine rings is 2. The van der Waals surface area contributed by atoms with Crippen molar-refractivity contribution in [3.8, 4) is 11.3 Å². The van der Waals surface area contributed by atoms with Crippen molar-refractivity contribution < 1.29 is 0 Å². The van der Waals surface area contributed by atoms with E-state index in [4.69, 9.17) is 4.98 Å². The van der Waals surface area contributed by atoms with Gasteiger partial charge >= 0.3 is 0 Å². The maximum absolute atomic E-state index is 4.71. The van der Waals surface area contributed by atoms with E-state index in [1.165, 1.54) is 42.2 Å². The van der Waals surface area contributed by atoms with Gasteiger partial charge in [-0.05, 0) is 41.5 Å². The fraction of sp³-hybridized carbons (Fsp3) is 0.130. The average molecular weight is 352 g/mol. The molecule has 0 spiro atoms. The Balaban J connectivity index is 1.83. The van der Waals surface area contributed by atoms with Gasteiger partial charge in [0, 0.05) is 48.9 Å². The molecule has 0 aliphatic heterocycles. The lowest BCUT2D eigenvalue weighted by molar-refractivity contribution is 0.665. The Hall–Kier alpha value is -2.78. The van der Waals surface area contributed by atoms with Crippen molar-refractivity contribution in [3.63, 3.8) is 0 Å². The molecule has 3 heteroatoms. The molecule has 0 fully saturated rings. The summed E-state index contributed by atoms with van der Waals surface area (Å²) in [5.74, 6) is 0. The van der Waals surface area contributed by atoms with Crippen LogP contribution in [0.4, 0.5) is 0 Å². The fourth-order valence-electron chi connectivity index (χ4n) is 4.54. The van der Waals surface area contributed by atoms with Gasteiger partial charge in [-0.3, -0.25) is 9.97 Å². The summed E-state index contributed by atoms with van der Waals surface area (Å²) in [5, 5.41) is 3.89. The van der Waals surface area contributed by atoms with Gasteiger partial charge in [0.25, 0.3) is 0 Å². The van der Waals surface area contributed by atoms with E-state index in [9.17, 15) is 0 Å². The topological polar surface area (TPSA) is 25.8 Å². The van der Waals surface area contributed by atoms with E-state index in [1.807, 2.05) is 35.9 Å². The number of nitrogens with zero attached hydrogens (tertiary/aromatic N) is 2. The molecule has 0 amide bonds. The Morgan fingerprint density at radius 1 is 0.885 bits per heavy atom. The highest BCUT2D eigenvalue weighted by Crippen LogP contribution is 2.53. The van der Waals surface area contributed by atoms with Gasteiger partial charge in [0.15, 0.2) is 0 Å². The first kappa shape index (κ1) is 14.4. The molecule has 2 aromatic carbocycles. The molecule has 26 heavy (non-hydrogen) atoms. The summed E-state index contributed by atoms with van der Waals surface area (Å²) in [6, 6.07) is 17.5. The lowest BCUT2D eigenvalue weighted by Crippen LogP contribution is -2.15. The third-order valence-corrected chi connectivity index (χ3v) is 6.84. The molecule has 3 aromatic heterocycles. The molecule has 0 atom stereocenters. The lowest BCUT2D eigenvalue weighted by Gasteiger charge is -2.22. The van der Waals surface area contributed by atoms with E-state index in [2.05, 4.69) is 55.2 Å². The second-order valence-corrected chi connectivity index (χ2v) is 8.62. The summed E-state index contributed by atoms with van der Waals surface area (Å²) >= 11 is 1.87. The van der Waals surface area contributed by atoms with Crippen LogP contribution in [0.5, 0.6) is 0 Å². The summed E-state index contributed by atoms with van der Waals surface area (Å²) in [6.07, 6.45) is 3.77. The minimum atomic E-state index is -0.0501. The van der Waals surface area contributed by atoms with Crippen LogP contribution in [0, 0.1) is 0 Å². The summed E-state index contributed by atoms with van der Waals surface area (Å²) < 4.78 is 2.67. The average Bonchev–Trinajstić information content (AvgIpc) is 3.12. The van der Waals surface area contributed by atoms with Crippen molar-refractivity contribution in [2.75, 3.05) is 0 Å². The van der Waals surface area contributed by atoms with Crippen LogP contribution in [-0.2, 0) is 5.41 Å². The molecule has 0 radical (unpaired) electrons. The van der Waals surface area contributed by atoms with Gasteiger partial charge in [-0.2, -0.15) is 0 Å². The zero-order valence-electron chi connectivity index (χ0n) is 14.6. The Labute approximate surface area is 155 Å². The molecule has 1 aliphatic rings. The van der Waals surface area contributed by atoms with Crippen molar-refractivity contribution >= 4 is 42.4 Å². The zero-order chi connectivity index (χ0) is 17.5. The molecule has 1 aliphatic carbocycles. The number of aromatic nitrogens is 2. The van der Waals surface area contributed by atoms with Crippen LogP contribution >= 0.6 is 11.3 Å². The minimum absolute atomic E-state index is 0.0501. The van der Waals surface area contributed by atoms with Gasteiger partial charge in [-0.15, -0.1) is 11.3 Å². The monoisotopic (exact) mass is 352 g/mol. The SMILES string of the molecule is CC1(C)c2cccnc2-c2ccc3sc4cc5cccnc5cc4c3c21. The van der Waals surface area contributed by atoms with E-state index in [1.54, 1.807) is 0 Å². The maximum Gasteiger partial charge on any atom is 0.0746 e. The normalized spacial score (nSPS) is 14.8. The third kappa shape index (κ3) is 1.66. The van der Waals surface area contributed by atoms with Crippen LogP contribution in [0.25, 0.3) is 42.3 Å². The van der Waals surface area contributed by atoms with Gasteiger partial charge in [0.1, 0.15) is 0 Å². The molecule has 0 saturated heterocycles. The van der Waals surface area contributed by atoms with Crippen molar-refractivity contribution in [3.05, 3.63) is 72.1 Å². The third-order valence-electron chi connectivity index (χ3n) is 5.72. The molecular formula is C23H16N2S. The van der Waals surface area contributed by atoms with Crippen LogP contribution in [0.3, 0.4) is 0 Å². The van der Waals surface area contributed by atoms with E-state index >= 15 is 0 Å². The highest BCUT2D eigenvalue weighted by Gasteiger charge is 2.38. The van der Waals surface area contributed by atoms with Gasteiger partial charge in [-0.25, -0.2) is 0 Å². The number of thiophene rings is 1. The molecule has 0 bridgehead atoms. The Kier molecular flexibility index (Phi) is 2.59. The van der Waals surface area contributed by atoms with Crippen LogP contribution < -0.4 is 0 Å². The first-order valence-corrected chi connectivity index (χ1v) is 9.66. The maximum atomic E-state index is 4.71. The van der Waals surface area contributed by atoms with Gasteiger partial charge < -0.3 is 0 Å². The van der Waals surface area contributed by atoms with Gasteiger partial charge in [0.05, 0.1) is 11.2 Å².